The lowest BCUT2D eigenvalue weighted by atomic mass is 9.90. The number of amides is 1. The van der Waals surface area contributed by atoms with Gasteiger partial charge in [-0.05, 0) is 87.5 Å². The third-order valence-corrected chi connectivity index (χ3v) is 7.67. The number of carbonyl (C=O) groups excluding carboxylic acids is 1. The number of nitro benzene ring substituents is 1. The molecule has 1 amide bonds. The molecule has 2 aromatic carbocycles. The van der Waals surface area contributed by atoms with Gasteiger partial charge in [-0.2, -0.15) is 13.2 Å². The zero-order chi connectivity index (χ0) is 27.3. The first kappa shape index (κ1) is 30.7. The first-order valence-corrected chi connectivity index (χ1v) is 13.3. The van der Waals surface area contributed by atoms with Crippen molar-refractivity contribution >= 4 is 28.9 Å². The van der Waals surface area contributed by atoms with Crippen molar-refractivity contribution in [1.29, 1.82) is 0 Å². The molecule has 1 N–H and O–H groups in total. The summed E-state index contributed by atoms with van der Waals surface area (Å²) in [6.45, 7) is 3.85. The molecule has 0 bridgehead atoms. The number of piperidine rings is 1. The minimum Gasteiger partial charge on any atom is -0.380 e. The number of anilines is 1. The first-order chi connectivity index (χ1) is 18.1. The number of likely N-dealkylation sites (tertiary alicyclic amines) is 2. The zero-order valence-corrected chi connectivity index (χ0v) is 21.8. The summed E-state index contributed by atoms with van der Waals surface area (Å²) in [7, 11) is 0. The third-order valence-electron chi connectivity index (χ3n) is 7.42. The summed E-state index contributed by atoms with van der Waals surface area (Å²) in [5, 5.41) is 14.7. The highest BCUT2D eigenvalue weighted by molar-refractivity contribution is 6.30. The Kier molecular flexibility index (Phi) is 10.6. The zero-order valence-electron chi connectivity index (χ0n) is 21.1. The van der Waals surface area contributed by atoms with Gasteiger partial charge in [-0.1, -0.05) is 31.2 Å². The normalized spacial score (nSPS) is 18.6. The van der Waals surface area contributed by atoms with Crippen molar-refractivity contribution in [2.45, 2.75) is 58.2 Å². The second kappa shape index (κ2) is 13.5. The molecule has 2 aliphatic heterocycles. The molecule has 7 nitrogen and oxygen atoms in total. The topological polar surface area (TPSA) is 78.7 Å². The van der Waals surface area contributed by atoms with Crippen molar-refractivity contribution in [2.75, 3.05) is 38.0 Å². The van der Waals surface area contributed by atoms with Crippen LogP contribution in [0.15, 0.2) is 42.5 Å². The van der Waals surface area contributed by atoms with Crippen LogP contribution in [0.3, 0.4) is 0 Å². The number of benzene rings is 2. The predicted molar refractivity (Wildman–Crippen MR) is 147 cm³/mol. The Balaban J connectivity index is 0.00000420. The van der Waals surface area contributed by atoms with Crippen molar-refractivity contribution in [3.05, 3.63) is 68.7 Å². The molecule has 2 aliphatic rings. The molecule has 2 heterocycles. The molecular formula is C28H36ClF3N4O3. The Morgan fingerprint density at radius 3 is 2.41 bits per heavy atom. The van der Waals surface area contributed by atoms with E-state index in [4.69, 9.17) is 11.6 Å². The minimum atomic E-state index is -4.83. The van der Waals surface area contributed by atoms with Crippen LogP contribution in [-0.4, -0.2) is 59.4 Å². The number of nitrogens with zero attached hydrogens (tertiary/aromatic N) is 3. The maximum atomic E-state index is 13.3. The van der Waals surface area contributed by atoms with Crippen LogP contribution < -0.4 is 5.32 Å². The lowest BCUT2D eigenvalue weighted by molar-refractivity contribution is -0.388. The number of rotatable bonds is 9. The summed E-state index contributed by atoms with van der Waals surface area (Å²) in [6, 6.07) is 10.7. The maximum absolute atomic E-state index is 13.3. The number of hydrogen-bond acceptors (Lipinski definition) is 5. The summed E-state index contributed by atoms with van der Waals surface area (Å²) < 4.78 is 39.8. The van der Waals surface area contributed by atoms with Gasteiger partial charge in [0, 0.05) is 42.3 Å². The van der Waals surface area contributed by atoms with Crippen LogP contribution in [0.4, 0.5) is 24.5 Å². The van der Waals surface area contributed by atoms with Crippen LogP contribution in [0, 0.1) is 16.0 Å². The summed E-state index contributed by atoms with van der Waals surface area (Å²) >= 11 is 5.97. The second-order valence-electron chi connectivity index (χ2n) is 10.2. The van der Waals surface area contributed by atoms with Crippen molar-refractivity contribution in [3.8, 4) is 0 Å². The average molecular weight is 569 g/mol. The van der Waals surface area contributed by atoms with E-state index < -0.39 is 22.4 Å². The van der Waals surface area contributed by atoms with E-state index in [1.54, 1.807) is 4.90 Å². The lowest BCUT2D eigenvalue weighted by Gasteiger charge is -2.32. The fourth-order valence-corrected chi connectivity index (χ4v) is 5.46. The van der Waals surface area contributed by atoms with Gasteiger partial charge in [0.05, 0.1) is 4.92 Å². The van der Waals surface area contributed by atoms with Gasteiger partial charge >= 0.3 is 6.18 Å². The highest BCUT2D eigenvalue weighted by atomic mass is 35.5. The highest BCUT2D eigenvalue weighted by Crippen LogP contribution is 2.38. The van der Waals surface area contributed by atoms with E-state index in [1.165, 1.54) is 11.6 Å². The molecule has 2 fully saturated rings. The molecule has 0 aliphatic carbocycles. The van der Waals surface area contributed by atoms with Crippen LogP contribution in [0.2, 0.25) is 5.02 Å². The number of carbonyl (C=O) groups is 1. The van der Waals surface area contributed by atoms with Crippen molar-refractivity contribution in [3.63, 3.8) is 0 Å². The summed E-state index contributed by atoms with van der Waals surface area (Å²) in [5.41, 5.74) is -0.794. The molecule has 0 unspecified atom stereocenters. The molecular weight excluding hydrogens is 533 g/mol. The standard InChI is InChI=1S/C27H32ClF3N4O3.CH4/c28-21-5-3-19(4-6-21)16-20-9-13-33(14-10-20)12-1-2-26(36)34-15-11-23(18-34)32-22-7-8-25(35(37)38)24(17-22)27(29,30)31;/h3-8,17,20,23,32H,1-2,9-16,18H2;1H4/t23-;/m1./s1. The molecule has 0 aromatic heterocycles. The van der Waals surface area contributed by atoms with Crippen LogP contribution in [-0.2, 0) is 17.4 Å². The molecule has 4 rings (SSSR count). The van der Waals surface area contributed by atoms with Gasteiger partial charge in [0.25, 0.3) is 5.69 Å². The van der Waals surface area contributed by atoms with Crippen LogP contribution in [0.5, 0.6) is 0 Å². The van der Waals surface area contributed by atoms with Gasteiger partial charge < -0.3 is 15.1 Å². The molecule has 2 aromatic rings. The van der Waals surface area contributed by atoms with Crippen molar-refractivity contribution in [2.24, 2.45) is 5.92 Å². The maximum Gasteiger partial charge on any atom is 0.423 e. The fraction of sp³-hybridized carbons (Fsp3) is 0.536. The lowest BCUT2D eigenvalue weighted by Crippen LogP contribution is -2.36. The summed E-state index contributed by atoms with van der Waals surface area (Å²) in [4.78, 5) is 26.8. The van der Waals surface area contributed by atoms with E-state index in [1.807, 2.05) is 12.1 Å². The van der Waals surface area contributed by atoms with E-state index in [-0.39, 0.29) is 25.1 Å². The Morgan fingerprint density at radius 2 is 1.77 bits per heavy atom. The number of hydrogen-bond donors (Lipinski definition) is 1. The van der Waals surface area contributed by atoms with E-state index in [2.05, 4.69) is 22.3 Å². The van der Waals surface area contributed by atoms with E-state index in [9.17, 15) is 28.1 Å². The Bertz CT molecular complexity index is 1120. The molecule has 1 atom stereocenters. The number of halogens is 4. The predicted octanol–water partition coefficient (Wildman–Crippen LogP) is 6.65. The molecule has 2 saturated heterocycles. The first-order valence-electron chi connectivity index (χ1n) is 12.9. The second-order valence-corrected chi connectivity index (χ2v) is 10.6. The number of nitrogens with one attached hydrogen (secondary N) is 1. The van der Waals surface area contributed by atoms with Crippen LogP contribution >= 0.6 is 11.6 Å². The Hall–Kier alpha value is -2.85. The Labute approximate surface area is 232 Å². The van der Waals surface area contributed by atoms with Crippen molar-refractivity contribution in [1.82, 2.24) is 9.80 Å². The van der Waals surface area contributed by atoms with Crippen LogP contribution in [0.1, 0.15) is 50.7 Å². The molecule has 0 radical (unpaired) electrons. The van der Waals surface area contributed by atoms with E-state index in [0.29, 0.717) is 31.8 Å². The summed E-state index contributed by atoms with van der Waals surface area (Å²) in [5.74, 6) is 0.706. The van der Waals surface area contributed by atoms with Crippen LogP contribution in [0.25, 0.3) is 0 Å². The highest BCUT2D eigenvalue weighted by Gasteiger charge is 2.38. The Morgan fingerprint density at radius 1 is 1.08 bits per heavy atom. The third kappa shape index (κ3) is 8.57. The van der Waals surface area contributed by atoms with Gasteiger partial charge in [0.2, 0.25) is 5.91 Å². The smallest absolute Gasteiger partial charge is 0.380 e. The average Bonchev–Trinajstić information content (AvgIpc) is 3.34. The number of nitro groups is 1. The van der Waals surface area contributed by atoms with Gasteiger partial charge in [0.15, 0.2) is 0 Å². The quantitative estimate of drug-likeness (QED) is 0.271. The molecule has 0 saturated carbocycles. The fourth-order valence-electron chi connectivity index (χ4n) is 5.33. The molecule has 11 heteroatoms. The van der Waals surface area contributed by atoms with Gasteiger partial charge in [-0.25, -0.2) is 0 Å². The van der Waals surface area contributed by atoms with E-state index in [0.717, 1.165) is 62.5 Å². The summed E-state index contributed by atoms with van der Waals surface area (Å²) in [6.07, 6.45) is 0.309. The minimum absolute atomic E-state index is 0. The number of alkyl halides is 3. The molecule has 39 heavy (non-hydrogen) atoms. The van der Waals surface area contributed by atoms with E-state index >= 15 is 0 Å². The van der Waals surface area contributed by atoms with Gasteiger partial charge in [-0.3, -0.25) is 14.9 Å². The van der Waals surface area contributed by atoms with Gasteiger partial charge in [0.1, 0.15) is 5.56 Å². The van der Waals surface area contributed by atoms with Gasteiger partial charge in [-0.15, -0.1) is 0 Å². The molecule has 214 valence electrons. The molecule has 0 spiro atoms. The monoisotopic (exact) mass is 568 g/mol. The SMILES string of the molecule is C.O=C(CCCN1CCC(Cc2ccc(Cl)cc2)CC1)N1CC[C@@H](Nc2ccc([N+](=O)[O-])c(C(F)(F)F)c2)C1. The van der Waals surface area contributed by atoms with Crippen molar-refractivity contribution < 1.29 is 22.9 Å². The largest absolute Gasteiger partial charge is 0.423 e.